The van der Waals surface area contributed by atoms with Crippen LogP contribution in [0.1, 0.15) is 12.8 Å². The van der Waals surface area contributed by atoms with Gasteiger partial charge in [-0.15, -0.1) is 0 Å². The lowest BCUT2D eigenvalue weighted by Crippen LogP contribution is -2.40. The maximum atomic E-state index is 12.6. The quantitative estimate of drug-likeness (QED) is 0.806. The van der Waals surface area contributed by atoms with Crippen molar-refractivity contribution in [3.63, 3.8) is 0 Å². The number of rotatable bonds is 2. The molecule has 1 aromatic rings. The Bertz CT molecular complexity index is 586. The van der Waals surface area contributed by atoms with Crippen molar-refractivity contribution in [3.8, 4) is 0 Å². The predicted octanol–water partition coefficient (Wildman–Crippen LogP) is 0.682. The van der Waals surface area contributed by atoms with Crippen LogP contribution in [0.25, 0.3) is 0 Å². The molecule has 3 aliphatic heterocycles. The topological polar surface area (TPSA) is 62.7 Å². The Morgan fingerprint density at radius 3 is 2.91 bits per heavy atom. The Morgan fingerprint density at radius 1 is 1.32 bits per heavy atom. The molecule has 2 amide bonds. The average molecular weight is 301 g/mol. The first-order valence-corrected chi connectivity index (χ1v) is 7.86. The summed E-state index contributed by atoms with van der Waals surface area (Å²) < 4.78 is 5.47. The van der Waals surface area contributed by atoms with E-state index in [-0.39, 0.29) is 29.8 Å². The van der Waals surface area contributed by atoms with Gasteiger partial charge in [0.2, 0.25) is 5.91 Å². The number of fused-ring (bicyclic) bond motifs is 1. The van der Waals surface area contributed by atoms with Gasteiger partial charge in [0.25, 0.3) is 5.91 Å². The molecule has 4 heterocycles. The highest BCUT2D eigenvalue weighted by Crippen LogP contribution is 2.35. The second kappa shape index (κ2) is 5.35. The number of hydrogen-bond donors (Lipinski definition) is 0. The zero-order valence-corrected chi connectivity index (χ0v) is 12.4. The maximum absolute atomic E-state index is 12.6. The van der Waals surface area contributed by atoms with Crippen molar-refractivity contribution in [2.45, 2.75) is 18.9 Å². The summed E-state index contributed by atoms with van der Waals surface area (Å²) in [6, 6.07) is 3.74. The minimum absolute atomic E-state index is 0.0626. The lowest BCUT2D eigenvalue weighted by molar-refractivity contribution is -0.140. The van der Waals surface area contributed by atoms with Crippen molar-refractivity contribution in [3.05, 3.63) is 24.5 Å². The number of carbonyl (C=O) groups excluding carboxylic acids is 2. The fraction of sp³-hybridized carbons (Fsp3) is 0.562. The summed E-state index contributed by atoms with van der Waals surface area (Å²) in [5.74, 6) is 0.317. The SMILES string of the molecule is O=C([C@@H]1CCCO1)N1C[C@@H]2CN(c3cccnc3)C(=O)[C@@H]2C1. The molecule has 3 fully saturated rings. The maximum Gasteiger partial charge on any atom is 0.251 e. The third-order valence-electron chi connectivity index (χ3n) is 4.92. The molecular weight excluding hydrogens is 282 g/mol. The smallest absolute Gasteiger partial charge is 0.251 e. The molecule has 0 spiro atoms. The Morgan fingerprint density at radius 2 is 2.23 bits per heavy atom. The molecule has 6 nitrogen and oxygen atoms in total. The molecule has 0 aliphatic carbocycles. The third-order valence-corrected chi connectivity index (χ3v) is 4.92. The van der Waals surface area contributed by atoms with Gasteiger partial charge in [-0.1, -0.05) is 0 Å². The predicted molar refractivity (Wildman–Crippen MR) is 79.1 cm³/mol. The number of carbonyl (C=O) groups is 2. The van der Waals surface area contributed by atoms with Crippen LogP contribution < -0.4 is 4.90 Å². The molecule has 0 saturated carbocycles. The lowest BCUT2D eigenvalue weighted by atomic mass is 10.0. The summed E-state index contributed by atoms with van der Waals surface area (Å²) >= 11 is 0. The van der Waals surface area contributed by atoms with E-state index in [9.17, 15) is 9.59 Å². The third kappa shape index (κ3) is 2.18. The van der Waals surface area contributed by atoms with Crippen molar-refractivity contribution in [1.82, 2.24) is 9.88 Å². The highest BCUT2D eigenvalue weighted by molar-refractivity contribution is 5.98. The van der Waals surface area contributed by atoms with Crippen molar-refractivity contribution in [2.24, 2.45) is 11.8 Å². The number of ether oxygens (including phenoxy) is 1. The Kier molecular flexibility index (Phi) is 3.33. The first-order chi connectivity index (χ1) is 10.7. The van der Waals surface area contributed by atoms with Gasteiger partial charge in [-0.3, -0.25) is 14.6 Å². The van der Waals surface area contributed by atoms with Gasteiger partial charge in [-0.05, 0) is 25.0 Å². The number of hydrogen-bond acceptors (Lipinski definition) is 4. The second-order valence-corrected chi connectivity index (χ2v) is 6.27. The molecule has 6 heteroatoms. The molecular formula is C16H19N3O3. The monoisotopic (exact) mass is 301 g/mol. The number of nitrogens with zero attached hydrogens (tertiary/aromatic N) is 3. The molecule has 0 radical (unpaired) electrons. The normalized spacial score (nSPS) is 30.9. The van der Waals surface area contributed by atoms with Crippen LogP contribution in [0.3, 0.4) is 0 Å². The number of likely N-dealkylation sites (tertiary alicyclic amines) is 1. The summed E-state index contributed by atoms with van der Waals surface area (Å²) in [6.07, 6.45) is 4.88. The molecule has 3 saturated heterocycles. The van der Waals surface area contributed by atoms with Crippen molar-refractivity contribution in [1.29, 1.82) is 0 Å². The first-order valence-electron chi connectivity index (χ1n) is 7.86. The molecule has 3 aliphatic rings. The number of aromatic nitrogens is 1. The van der Waals surface area contributed by atoms with E-state index in [2.05, 4.69) is 4.98 Å². The molecule has 0 N–H and O–H groups in total. The highest BCUT2D eigenvalue weighted by Gasteiger charge is 2.48. The standard InChI is InChI=1S/C16H19N3O3/c20-15-13-10-18(16(21)14-4-2-6-22-14)8-11(13)9-19(15)12-3-1-5-17-7-12/h1,3,5,7,11,13-14H,2,4,6,8-10H2/t11-,13-,14+/m1/s1. The van der Waals surface area contributed by atoms with Gasteiger partial charge in [0, 0.05) is 38.4 Å². The summed E-state index contributed by atoms with van der Waals surface area (Å²) in [5.41, 5.74) is 0.846. The van der Waals surface area contributed by atoms with Crippen LogP contribution >= 0.6 is 0 Å². The minimum atomic E-state index is -0.289. The summed E-state index contributed by atoms with van der Waals surface area (Å²) in [6.45, 7) is 2.53. The fourth-order valence-electron chi connectivity index (χ4n) is 3.76. The molecule has 1 aromatic heterocycles. The molecule has 22 heavy (non-hydrogen) atoms. The minimum Gasteiger partial charge on any atom is -0.368 e. The fourth-order valence-corrected chi connectivity index (χ4v) is 3.76. The molecule has 0 bridgehead atoms. The van der Waals surface area contributed by atoms with Crippen molar-refractivity contribution in [2.75, 3.05) is 31.1 Å². The van der Waals surface area contributed by atoms with E-state index in [0.29, 0.717) is 26.2 Å². The van der Waals surface area contributed by atoms with Gasteiger partial charge in [0.05, 0.1) is 17.8 Å². The largest absolute Gasteiger partial charge is 0.368 e. The van der Waals surface area contributed by atoms with Crippen LogP contribution in [0, 0.1) is 11.8 Å². The van der Waals surface area contributed by atoms with Crippen LogP contribution in [-0.4, -0.2) is 54.0 Å². The second-order valence-electron chi connectivity index (χ2n) is 6.27. The number of pyridine rings is 1. The van der Waals surface area contributed by atoms with Gasteiger partial charge in [-0.2, -0.15) is 0 Å². The van der Waals surface area contributed by atoms with Gasteiger partial charge >= 0.3 is 0 Å². The highest BCUT2D eigenvalue weighted by atomic mass is 16.5. The van der Waals surface area contributed by atoms with Crippen molar-refractivity contribution >= 4 is 17.5 Å². The molecule has 3 atom stereocenters. The van der Waals surface area contributed by atoms with E-state index in [0.717, 1.165) is 18.5 Å². The zero-order chi connectivity index (χ0) is 15.1. The zero-order valence-electron chi connectivity index (χ0n) is 12.4. The molecule has 4 rings (SSSR count). The van der Waals surface area contributed by atoms with Crippen LogP contribution in [0.15, 0.2) is 24.5 Å². The van der Waals surface area contributed by atoms with E-state index in [1.807, 2.05) is 17.0 Å². The van der Waals surface area contributed by atoms with E-state index >= 15 is 0 Å². The van der Waals surface area contributed by atoms with E-state index < -0.39 is 0 Å². The van der Waals surface area contributed by atoms with Crippen LogP contribution in [0.2, 0.25) is 0 Å². The van der Waals surface area contributed by atoms with Crippen LogP contribution in [-0.2, 0) is 14.3 Å². The van der Waals surface area contributed by atoms with E-state index in [1.165, 1.54) is 0 Å². The van der Waals surface area contributed by atoms with Crippen LogP contribution in [0.5, 0.6) is 0 Å². The van der Waals surface area contributed by atoms with E-state index in [4.69, 9.17) is 4.74 Å². The summed E-state index contributed by atoms with van der Waals surface area (Å²) in [4.78, 5) is 32.7. The van der Waals surface area contributed by atoms with Gasteiger partial charge in [-0.25, -0.2) is 0 Å². The molecule has 0 aromatic carbocycles. The van der Waals surface area contributed by atoms with Gasteiger partial charge in [0.15, 0.2) is 0 Å². The molecule has 116 valence electrons. The Hall–Kier alpha value is -1.95. The van der Waals surface area contributed by atoms with Crippen molar-refractivity contribution < 1.29 is 14.3 Å². The Balaban J connectivity index is 1.45. The number of amides is 2. The molecule has 0 unspecified atom stereocenters. The van der Waals surface area contributed by atoms with E-state index in [1.54, 1.807) is 17.3 Å². The van der Waals surface area contributed by atoms with Gasteiger partial charge < -0.3 is 14.5 Å². The van der Waals surface area contributed by atoms with Crippen LogP contribution in [0.4, 0.5) is 5.69 Å². The lowest BCUT2D eigenvalue weighted by Gasteiger charge is -2.23. The Labute approximate surface area is 129 Å². The first kappa shape index (κ1) is 13.7. The average Bonchev–Trinajstić information content (AvgIpc) is 3.25. The summed E-state index contributed by atoms with van der Waals surface area (Å²) in [7, 11) is 0. The number of anilines is 1. The van der Waals surface area contributed by atoms with Gasteiger partial charge in [0.1, 0.15) is 6.10 Å². The summed E-state index contributed by atoms with van der Waals surface area (Å²) in [5, 5.41) is 0.